The molecule has 49 heavy (non-hydrogen) atoms. The Hall–Kier alpha value is -4.28. The fourth-order valence-corrected chi connectivity index (χ4v) is 6.48. The van der Waals surface area contributed by atoms with Crippen LogP contribution in [0.25, 0.3) is 11.1 Å². The number of hydrogen-bond acceptors (Lipinski definition) is 11. The number of hydrogen-bond donors (Lipinski definition) is 3. The summed E-state index contributed by atoms with van der Waals surface area (Å²) in [6, 6.07) is 18.5. The smallest absolute Gasteiger partial charge is 0.406 e. The van der Waals surface area contributed by atoms with Crippen molar-refractivity contribution < 1.29 is 41.9 Å². The summed E-state index contributed by atoms with van der Waals surface area (Å²) in [5, 5.41) is 25.3. The highest BCUT2D eigenvalue weighted by Crippen LogP contribution is 2.48. The molecule has 5 rings (SSSR count). The van der Waals surface area contributed by atoms with Gasteiger partial charge in [-0.05, 0) is 73.0 Å². The van der Waals surface area contributed by atoms with Gasteiger partial charge < -0.3 is 20.3 Å². The molecule has 2 heterocycles. The Kier molecular flexibility index (Phi) is 10.8. The molecule has 1 aliphatic rings. The van der Waals surface area contributed by atoms with E-state index < -0.39 is 62.0 Å². The molecule has 1 aromatic heterocycles. The minimum absolute atomic E-state index is 0.124. The van der Waals surface area contributed by atoms with Crippen molar-refractivity contribution in [1.29, 1.82) is 0 Å². The number of alkyl halides is 2. The van der Waals surface area contributed by atoms with Crippen LogP contribution < -0.4 is 21.2 Å². The van der Waals surface area contributed by atoms with Crippen molar-refractivity contribution >= 4 is 30.9 Å². The summed E-state index contributed by atoms with van der Waals surface area (Å²) >= 11 is 5.96. The molecule has 4 unspecified atom stereocenters. The van der Waals surface area contributed by atoms with Crippen LogP contribution in [0.3, 0.4) is 0 Å². The van der Waals surface area contributed by atoms with Crippen LogP contribution in [0.4, 0.5) is 20.3 Å². The number of nitro groups is 1. The van der Waals surface area contributed by atoms with Crippen LogP contribution in [0.1, 0.15) is 25.6 Å². The average molecular weight is 722 g/mol. The first-order valence-electron chi connectivity index (χ1n) is 14.7. The molecule has 260 valence electrons. The molecule has 18 heteroatoms. The summed E-state index contributed by atoms with van der Waals surface area (Å²) in [4.78, 5) is 26.7. The van der Waals surface area contributed by atoms with E-state index in [1.54, 1.807) is 50.2 Å². The Bertz CT molecular complexity index is 1920. The van der Waals surface area contributed by atoms with E-state index >= 15 is 0 Å². The predicted molar refractivity (Wildman–Crippen MR) is 174 cm³/mol. The van der Waals surface area contributed by atoms with Gasteiger partial charge in [0.05, 0.1) is 18.1 Å². The van der Waals surface area contributed by atoms with Crippen molar-refractivity contribution in [2.45, 2.75) is 50.9 Å². The van der Waals surface area contributed by atoms with Crippen LogP contribution in [-0.4, -0.2) is 50.4 Å². The Balaban J connectivity index is 1.29. The first-order chi connectivity index (χ1) is 23.1. The van der Waals surface area contributed by atoms with Crippen LogP contribution in [-0.2, 0) is 25.0 Å². The third-order valence-corrected chi connectivity index (χ3v) is 9.23. The zero-order valence-electron chi connectivity index (χ0n) is 25.9. The molecule has 4 atom stereocenters. The number of benzene rings is 3. The van der Waals surface area contributed by atoms with Gasteiger partial charge in [-0.1, -0.05) is 35.9 Å². The third kappa shape index (κ3) is 8.48. The molecule has 14 nitrogen and oxygen atoms in total. The van der Waals surface area contributed by atoms with Crippen LogP contribution in [0, 0.1) is 10.1 Å². The maximum atomic E-state index is 15.0. The number of aromatic nitrogens is 2. The maximum absolute atomic E-state index is 15.0. The lowest BCUT2D eigenvalue weighted by molar-refractivity contribution is -0.385. The van der Waals surface area contributed by atoms with Gasteiger partial charge in [-0.25, -0.2) is 14.4 Å². The summed E-state index contributed by atoms with van der Waals surface area (Å²) in [5.41, 5.74) is 6.02. The minimum atomic E-state index is -4.29. The molecule has 0 aliphatic carbocycles. The van der Waals surface area contributed by atoms with Crippen LogP contribution in [0.2, 0.25) is 5.02 Å². The van der Waals surface area contributed by atoms with Crippen molar-refractivity contribution in [2.24, 2.45) is 0 Å². The quantitative estimate of drug-likeness (QED) is 0.0821. The molecular weight excluding hydrogens is 691 g/mol. The number of aliphatic hydroxyl groups is 1. The molecule has 1 saturated heterocycles. The van der Waals surface area contributed by atoms with E-state index in [0.717, 1.165) is 23.4 Å². The van der Waals surface area contributed by atoms with E-state index in [1.165, 1.54) is 18.2 Å². The molecule has 0 radical (unpaired) electrons. The minimum Gasteiger partial charge on any atom is -0.450 e. The number of nitrogens with two attached hydrogens (primary N) is 1. The standard InChI is InChI=1S/C31H31ClF2N5O9P/c1-18(2)37-49(44,46-17-26-28(40)31(33,34)29(48-26)38-14-13-27(35)36-30(38)41)45-16-19-3-12-24(39(42)43)25(15-19)47-23-10-6-21(7-11-23)20-4-8-22(32)9-5-20/h3-15,18,26,28-29,40H,16-17H2,1-2H3,(H,37,44)(H2,35,36,41). The summed E-state index contributed by atoms with van der Waals surface area (Å²) in [6.45, 7) is 2.00. The summed E-state index contributed by atoms with van der Waals surface area (Å²) < 4.78 is 66.2. The third-order valence-electron chi connectivity index (χ3n) is 7.19. The monoisotopic (exact) mass is 721 g/mol. The van der Waals surface area contributed by atoms with Gasteiger partial charge in [-0.15, -0.1) is 0 Å². The first kappa shape index (κ1) is 36.0. The number of nitrogens with zero attached hydrogens (tertiary/aromatic N) is 3. The van der Waals surface area contributed by atoms with Gasteiger partial charge in [0, 0.05) is 23.3 Å². The second-order valence-corrected chi connectivity index (χ2v) is 13.4. The number of nitrogens with one attached hydrogen (secondary N) is 1. The van der Waals surface area contributed by atoms with Crippen molar-refractivity contribution in [3.8, 4) is 22.6 Å². The lowest BCUT2D eigenvalue weighted by Gasteiger charge is -2.23. The van der Waals surface area contributed by atoms with E-state index in [4.69, 9.17) is 35.9 Å². The Morgan fingerprint density at radius 3 is 2.39 bits per heavy atom. The highest BCUT2D eigenvalue weighted by Gasteiger charge is 2.60. The van der Waals surface area contributed by atoms with E-state index in [2.05, 4.69) is 10.1 Å². The fraction of sp³-hybridized carbons (Fsp3) is 0.290. The van der Waals surface area contributed by atoms with Crippen molar-refractivity contribution in [1.82, 2.24) is 14.6 Å². The molecule has 3 aromatic carbocycles. The Morgan fingerprint density at radius 1 is 1.12 bits per heavy atom. The molecule has 0 saturated carbocycles. The zero-order chi connectivity index (χ0) is 35.5. The lowest BCUT2D eigenvalue weighted by Crippen LogP contribution is -2.42. The van der Waals surface area contributed by atoms with Crippen LogP contribution in [0.5, 0.6) is 11.5 Å². The van der Waals surface area contributed by atoms with E-state index in [1.807, 2.05) is 12.1 Å². The van der Waals surface area contributed by atoms with Gasteiger partial charge in [-0.2, -0.15) is 13.8 Å². The fourth-order valence-electron chi connectivity index (χ4n) is 4.84. The van der Waals surface area contributed by atoms with Crippen LogP contribution >= 0.6 is 19.3 Å². The highest BCUT2D eigenvalue weighted by molar-refractivity contribution is 7.51. The van der Waals surface area contributed by atoms with E-state index in [-0.39, 0.29) is 17.3 Å². The zero-order valence-corrected chi connectivity index (χ0v) is 27.6. The topological polar surface area (TPSA) is 190 Å². The largest absolute Gasteiger partial charge is 0.450 e. The number of anilines is 1. The second kappa shape index (κ2) is 14.7. The van der Waals surface area contributed by atoms with Crippen LogP contribution in [0.15, 0.2) is 83.8 Å². The van der Waals surface area contributed by atoms with Gasteiger partial charge in [0.2, 0.25) is 12.0 Å². The molecule has 0 bridgehead atoms. The summed E-state index contributed by atoms with van der Waals surface area (Å²) in [7, 11) is -4.29. The van der Waals surface area contributed by atoms with Gasteiger partial charge in [0.1, 0.15) is 17.7 Å². The molecule has 0 amide bonds. The Morgan fingerprint density at radius 2 is 1.78 bits per heavy atom. The average Bonchev–Trinajstić information content (AvgIpc) is 3.27. The van der Waals surface area contributed by atoms with Crippen molar-refractivity contribution in [3.05, 3.63) is 110 Å². The molecule has 4 aromatic rings. The Labute approximate surface area is 283 Å². The number of halogens is 3. The number of aliphatic hydroxyl groups excluding tert-OH is 1. The van der Waals surface area contributed by atoms with Gasteiger partial charge >= 0.3 is 25.0 Å². The van der Waals surface area contributed by atoms with Gasteiger partial charge in [0.25, 0.3) is 0 Å². The molecule has 0 spiro atoms. The van der Waals surface area contributed by atoms with Gasteiger partial charge in [-0.3, -0.25) is 23.7 Å². The first-order valence-corrected chi connectivity index (χ1v) is 16.6. The van der Waals surface area contributed by atoms with E-state index in [0.29, 0.717) is 20.9 Å². The SMILES string of the molecule is CC(C)NP(=O)(OCc1ccc([N+](=O)[O-])c(Oc2ccc(-c3ccc(Cl)cc3)cc2)c1)OCC1OC(n2ccc(N)nc2=O)C(F)(F)C1O. The predicted octanol–water partition coefficient (Wildman–Crippen LogP) is 6.08. The normalized spacial score (nSPS) is 19.9. The van der Waals surface area contributed by atoms with Gasteiger partial charge in [0.15, 0.2) is 6.10 Å². The molecule has 1 fully saturated rings. The maximum Gasteiger partial charge on any atom is 0.406 e. The van der Waals surface area contributed by atoms with Crippen molar-refractivity contribution in [2.75, 3.05) is 12.3 Å². The summed E-state index contributed by atoms with van der Waals surface area (Å²) in [5.74, 6) is -3.98. The molecule has 1 aliphatic heterocycles. The number of ether oxygens (including phenoxy) is 2. The number of nitro benzene ring substituents is 1. The second-order valence-electron chi connectivity index (χ2n) is 11.2. The highest BCUT2D eigenvalue weighted by atomic mass is 35.5. The number of rotatable bonds is 13. The van der Waals surface area contributed by atoms with Crippen molar-refractivity contribution in [3.63, 3.8) is 0 Å². The molecular formula is C31H31ClF2N5O9P. The molecule has 4 N–H and O–H groups in total. The lowest BCUT2D eigenvalue weighted by atomic mass is 10.1. The van der Waals surface area contributed by atoms with E-state index in [9.17, 15) is 33.4 Å². The number of nitrogen functional groups attached to an aromatic ring is 1. The summed E-state index contributed by atoms with van der Waals surface area (Å²) in [6.07, 6.45) is -5.49.